The number of hydrazine groups is 1. The molecule has 10 heteroatoms. The van der Waals surface area contributed by atoms with Crippen molar-refractivity contribution < 1.29 is 9.53 Å². The number of aryl methyl sites for hydroxylation is 1. The first-order valence-corrected chi connectivity index (χ1v) is 24.8. The molecule has 0 saturated heterocycles. The number of fused-ring (bicyclic) bond motifs is 1. The number of unbranched alkanes of at least 4 members (excludes halogenated alkanes) is 2. The lowest BCUT2D eigenvalue weighted by Gasteiger charge is -2.30. The van der Waals surface area contributed by atoms with E-state index in [0.717, 1.165) is 111 Å². The fourth-order valence-electron chi connectivity index (χ4n) is 9.08. The highest BCUT2D eigenvalue weighted by Crippen LogP contribution is 2.48. The number of Topliss-reactive ketones (excluding diaryl/α,β-unsaturated/α-hetero) is 1. The van der Waals surface area contributed by atoms with Crippen LogP contribution < -0.4 is 30.7 Å². The minimum absolute atomic E-state index is 0.00554. The van der Waals surface area contributed by atoms with Gasteiger partial charge in [-0.1, -0.05) is 112 Å². The Bertz CT molecular complexity index is 3070. The molecule has 9 rings (SSSR count). The Labute approximate surface area is 418 Å². The number of nitrogens with one attached hydrogen (secondary N) is 1. The summed E-state index contributed by atoms with van der Waals surface area (Å²) in [6, 6.07) is 56.1. The minimum atomic E-state index is -0.00554. The molecule has 3 N–H and O–H groups in total. The highest BCUT2D eigenvalue weighted by Gasteiger charge is 2.28. The average Bonchev–Trinajstić information content (AvgIpc) is 3.81. The van der Waals surface area contributed by atoms with E-state index < -0.39 is 0 Å². The number of aromatic nitrogens is 3. The topological polar surface area (TPSA) is 105 Å². The number of benzene rings is 7. The second kappa shape index (κ2) is 21.8. The molecule has 0 amide bonds. The number of carbonyl (C=O) groups is 1. The SMILES string of the molecule is CC(=O)c1ccc(OCCCCCn2nc3c(-c4ccc(N(c5ccccc5)c5ccccc5)cc4)c(N)c(N(C)NCC(C)(C)C)c(-c4ccc(N(C5=CCCC=C5)c5ccccc5)cc4)c3n2)cc1. The normalized spacial score (nSPS) is 12.4. The number of hydrogen-bond donors (Lipinski definition) is 2. The van der Waals surface area contributed by atoms with Crippen LogP contribution in [-0.2, 0) is 6.54 Å². The predicted molar refractivity (Wildman–Crippen MR) is 294 cm³/mol. The number of para-hydroxylation sites is 3. The summed E-state index contributed by atoms with van der Waals surface area (Å²) < 4.78 is 6.03. The lowest BCUT2D eigenvalue weighted by atomic mass is 9.93. The van der Waals surface area contributed by atoms with Gasteiger partial charge in [-0.3, -0.25) is 4.79 Å². The molecule has 1 aromatic heterocycles. The molecule has 0 radical (unpaired) electrons. The molecule has 1 heterocycles. The Morgan fingerprint density at radius 3 is 1.70 bits per heavy atom. The lowest BCUT2D eigenvalue weighted by molar-refractivity contribution is 0.101. The van der Waals surface area contributed by atoms with Gasteiger partial charge >= 0.3 is 0 Å². The second-order valence-corrected chi connectivity index (χ2v) is 19.3. The summed E-state index contributed by atoms with van der Waals surface area (Å²) in [5.74, 6) is 0.801. The third kappa shape index (κ3) is 11.2. The van der Waals surface area contributed by atoms with Gasteiger partial charge in [0.2, 0.25) is 0 Å². The van der Waals surface area contributed by atoms with E-state index in [1.807, 2.05) is 41.2 Å². The first-order chi connectivity index (χ1) is 34.5. The summed E-state index contributed by atoms with van der Waals surface area (Å²) in [6.45, 7) is 10.1. The van der Waals surface area contributed by atoms with Crippen molar-refractivity contribution in [3.8, 4) is 28.0 Å². The zero-order valence-corrected chi connectivity index (χ0v) is 41.6. The molecule has 8 aromatic rings. The Morgan fingerprint density at radius 2 is 1.17 bits per heavy atom. The molecule has 7 aromatic carbocycles. The van der Waals surface area contributed by atoms with Gasteiger partial charge in [0.1, 0.15) is 16.8 Å². The van der Waals surface area contributed by atoms with Gasteiger partial charge in [0.25, 0.3) is 0 Å². The van der Waals surface area contributed by atoms with Crippen molar-refractivity contribution >= 4 is 56.6 Å². The van der Waals surface area contributed by atoms with Crippen molar-refractivity contribution in [1.82, 2.24) is 20.4 Å². The molecule has 0 fully saturated rings. The van der Waals surface area contributed by atoms with Gasteiger partial charge in [-0.2, -0.15) is 15.0 Å². The van der Waals surface area contributed by atoms with Crippen LogP contribution in [0.5, 0.6) is 5.75 Å². The maximum absolute atomic E-state index is 11.7. The molecule has 71 heavy (non-hydrogen) atoms. The van der Waals surface area contributed by atoms with E-state index in [4.69, 9.17) is 20.7 Å². The highest BCUT2D eigenvalue weighted by atomic mass is 16.5. The van der Waals surface area contributed by atoms with Crippen LogP contribution >= 0.6 is 0 Å². The van der Waals surface area contributed by atoms with Crippen molar-refractivity contribution in [2.45, 2.75) is 66.3 Å². The van der Waals surface area contributed by atoms with Crippen LogP contribution in [0.1, 0.15) is 70.2 Å². The summed E-state index contributed by atoms with van der Waals surface area (Å²) >= 11 is 0. The third-order valence-corrected chi connectivity index (χ3v) is 12.7. The smallest absolute Gasteiger partial charge is 0.159 e. The molecule has 1 aliphatic carbocycles. The third-order valence-electron chi connectivity index (χ3n) is 12.7. The maximum Gasteiger partial charge on any atom is 0.159 e. The fourth-order valence-corrected chi connectivity index (χ4v) is 9.08. The van der Waals surface area contributed by atoms with E-state index in [2.05, 4.69) is 194 Å². The van der Waals surface area contributed by atoms with Crippen LogP contribution in [0.3, 0.4) is 0 Å². The lowest BCUT2D eigenvalue weighted by Crippen LogP contribution is -2.40. The number of ketones is 1. The average molecular weight is 941 g/mol. The monoisotopic (exact) mass is 941 g/mol. The van der Waals surface area contributed by atoms with Crippen molar-refractivity contribution in [2.24, 2.45) is 5.41 Å². The van der Waals surface area contributed by atoms with Gasteiger partial charge in [-0.15, -0.1) is 0 Å². The molecular formula is C61H64N8O2. The quantitative estimate of drug-likeness (QED) is 0.0355. The number of nitrogens with two attached hydrogens (primary N) is 1. The number of nitrogens with zero attached hydrogens (tertiary/aromatic N) is 6. The Hall–Kier alpha value is -7.95. The van der Waals surface area contributed by atoms with E-state index in [1.54, 1.807) is 6.92 Å². The first kappa shape index (κ1) is 48.1. The van der Waals surface area contributed by atoms with E-state index in [0.29, 0.717) is 30.9 Å². The standard InChI is InChI=1S/C61H64N8O2/c1-44(70)45-33-39-54(40-34-45)71-42-20-10-19-41-67-64-58-55(46-29-35-52(36-30-46)68(48-21-11-6-12-22-48)49-23-13-7-14-24-49)57(62)60(66(5)63-43-61(2,3)4)56(59(58)65-67)47-31-37-53(38-32-47)69(50-25-15-8-16-26-50)51-27-17-9-18-28-51/h6-8,11-17,21-40,63H,9-10,18-20,41-43,62H2,1-5H3. The van der Waals surface area contributed by atoms with Crippen LogP contribution in [0, 0.1) is 5.41 Å². The molecule has 10 nitrogen and oxygen atoms in total. The first-order valence-electron chi connectivity index (χ1n) is 24.8. The number of carbonyl (C=O) groups excluding carboxylic acids is 1. The Morgan fingerprint density at radius 1 is 0.648 bits per heavy atom. The molecule has 0 atom stereocenters. The molecular weight excluding hydrogens is 877 g/mol. The molecule has 1 aliphatic rings. The summed E-state index contributed by atoms with van der Waals surface area (Å²) in [5, 5.41) is 12.7. The van der Waals surface area contributed by atoms with Crippen molar-refractivity contribution in [1.29, 1.82) is 0 Å². The van der Waals surface area contributed by atoms with Crippen LogP contribution in [-0.4, -0.2) is 41.0 Å². The van der Waals surface area contributed by atoms with E-state index >= 15 is 0 Å². The van der Waals surface area contributed by atoms with E-state index in [1.165, 1.54) is 0 Å². The molecule has 360 valence electrons. The summed E-state index contributed by atoms with van der Waals surface area (Å²) in [5.41, 5.74) is 25.1. The van der Waals surface area contributed by atoms with Gasteiger partial charge in [0, 0.05) is 64.4 Å². The minimum Gasteiger partial charge on any atom is -0.494 e. The Kier molecular flexibility index (Phi) is 14.8. The molecule has 0 spiro atoms. The number of hydrogen-bond acceptors (Lipinski definition) is 9. The van der Waals surface area contributed by atoms with E-state index in [9.17, 15) is 4.79 Å². The second-order valence-electron chi connectivity index (χ2n) is 19.3. The largest absolute Gasteiger partial charge is 0.494 e. The van der Waals surface area contributed by atoms with Gasteiger partial charge in [0.15, 0.2) is 5.78 Å². The Balaban J connectivity index is 1.12. The zero-order valence-electron chi connectivity index (χ0n) is 41.6. The van der Waals surface area contributed by atoms with Crippen LogP contribution in [0.2, 0.25) is 0 Å². The van der Waals surface area contributed by atoms with Gasteiger partial charge in [-0.05, 0) is 147 Å². The van der Waals surface area contributed by atoms with Crippen LogP contribution in [0.25, 0.3) is 33.3 Å². The number of allylic oxidation sites excluding steroid dienone is 3. The fraction of sp³-hybridized carbons (Fsp3) is 0.230. The van der Waals surface area contributed by atoms with Crippen molar-refractivity contribution in [3.05, 3.63) is 193 Å². The summed E-state index contributed by atoms with van der Waals surface area (Å²) in [7, 11) is 2.05. The predicted octanol–water partition coefficient (Wildman–Crippen LogP) is 14.6. The highest BCUT2D eigenvalue weighted by molar-refractivity contribution is 6.13. The summed E-state index contributed by atoms with van der Waals surface area (Å²) in [4.78, 5) is 18.2. The molecule has 0 aliphatic heterocycles. The van der Waals surface area contributed by atoms with Gasteiger partial charge < -0.3 is 25.3 Å². The van der Waals surface area contributed by atoms with Gasteiger partial charge in [0.05, 0.1) is 24.5 Å². The maximum atomic E-state index is 11.7. The van der Waals surface area contributed by atoms with Crippen molar-refractivity contribution in [3.63, 3.8) is 0 Å². The zero-order chi connectivity index (χ0) is 49.3. The van der Waals surface area contributed by atoms with Crippen LogP contribution in [0.15, 0.2) is 188 Å². The van der Waals surface area contributed by atoms with Crippen molar-refractivity contribution in [2.75, 3.05) is 40.7 Å². The number of ether oxygens (including phenoxy) is 1. The number of nitrogen functional groups attached to an aromatic ring is 1. The van der Waals surface area contributed by atoms with E-state index in [-0.39, 0.29) is 11.2 Å². The van der Waals surface area contributed by atoms with Gasteiger partial charge in [-0.25, -0.2) is 5.43 Å². The van der Waals surface area contributed by atoms with Crippen LogP contribution in [0.4, 0.5) is 39.8 Å². The molecule has 0 unspecified atom stereocenters. The molecule has 0 saturated carbocycles. The number of rotatable bonds is 19. The molecule has 0 bridgehead atoms. The number of anilines is 7. The summed E-state index contributed by atoms with van der Waals surface area (Å²) in [6.07, 6.45) is 11.4.